The summed E-state index contributed by atoms with van der Waals surface area (Å²) in [6, 6.07) is 2.93. The van der Waals surface area contributed by atoms with Crippen molar-refractivity contribution in [3.63, 3.8) is 0 Å². The predicted molar refractivity (Wildman–Crippen MR) is 80.8 cm³/mol. The van der Waals surface area contributed by atoms with Crippen LogP contribution in [-0.2, 0) is 9.59 Å². The molecule has 0 aromatic heterocycles. The van der Waals surface area contributed by atoms with Crippen molar-refractivity contribution in [3.05, 3.63) is 27.2 Å². The van der Waals surface area contributed by atoms with Crippen LogP contribution >= 0.6 is 34.8 Å². The van der Waals surface area contributed by atoms with Crippen LogP contribution in [-0.4, -0.2) is 17.0 Å². The number of aliphatic carboxylic acids is 1. The number of anilines is 1. The Kier molecular flexibility index (Phi) is 5.68. The molecule has 7 heteroatoms. The van der Waals surface area contributed by atoms with Gasteiger partial charge in [-0.1, -0.05) is 48.7 Å². The molecule has 0 radical (unpaired) electrons. The van der Waals surface area contributed by atoms with Crippen LogP contribution in [0.25, 0.3) is 0 Å². The van der Waals surface area contributed by atoms with E-state index in [9.17, 15) is 9.59 Å². The Balaban J connectivity index is 2.79. The summed E-state index contributed by atoms with van der Waals surface area (Å²) in [7, 11) is 0. The fourth-order valence-corrected chi connectivity index (χ4v) is 2.66. The molecule has 0 saturated carbocycles. The highest BCUT2D eigenvalue weighted by molar-refractivity contribution is 6.42. The van der Waals surface area contributed by atoms with Crippen molar-refractivity contribution in [1.29, 1.82) is 0 Å². The van der Waals surface area contributed by atoms with Crippen molar-refractivity contribution < 1.29 is 14.7 Å². The first-order valence-electron chi connectivity index (χ1n) is 5.77. The topological polar surface area (TPSA) is 66.4 Å². The molecule has 0 aliphatic heterocycles. The first-order chi connectivity index (χ1) is 9.10. The number of hydrogen-bond donors (Lipinski definition) is 2. The summed E-state index contributed by atoms with van der Waals surface area (Å²) in [4.78, 5) is 22.7. The van der Waals surface area contributed by atoms with E-state index in [1.54, 1.807) is 13.8 Å². The average molecular weight is 339 g/mol. The summed E-state index contributed by atoms with van der Waals surface area (Å²) in [5.41, 5.74) is -0.393. The number of rotatable bonds is 5. The molecule has 110 valence electrons. The van der Waals surface area contributed by atoms with E-state index in [-0.39, 0.29) is 34.5 Å². The zero-order valence-electron chi connectivity index (χ0n) is 11.0. The molecule has 0 spiro atoms. The molecule has 0 aliphatic rings. The molecule has 0 aliphatic carbocycles. The molecule has 20 heavy (non-hydrogen) atoms. The van der Waals surface area contributed by atoms with Gasteiger partial charge in [-0.05, 0) is 17.5 Å². The van der Waals surface area contributed by atoms with Gasteiger partial charge in [0.15, 0.2) is 0 Å². The van der Waals surface area contributed by atoms with Gasteiger partial charge in [-0.15, -0.1) is 0 Å². The molecular formula is C13H14Cl3NO3. The quantitative estimate of drug-likeness (QED) is 0.832. The Labute approximate surface area is 132 Å². The molecule has 4 nitrogen and oxygen atoms in total. The lowest BCUT2D eigenvalue weighted by atomic mass is 9.85. The molecule has 1 aromatic carbocycles. The largest absolute Gasteiger partial charge is 0.481 e. The maximum absolute atomic E-state index is 11.9. The van der Waals surface area contributed by atoms with Crippen LogP contribution in [0.15, 0.2) is 12.1 Å². The molecule has 1 rings (SSSR count). The van der Waals surface area contributed by atoms with Crippen molar-refractivity contribution in [1.82, 2.24) is 0 Å². The Hall–Kier alpha value is -0.970. The van der Waals surface area contributed by atoms with E-state index in [4.69, 9.17) is 39.9 Å². The summed E-state index contributed by atoms with van der Waals surface area (Å²) in [6.45, 7) is 3.40. The molecule has 1 amide bonds. The zero-order valence-corrected chi connectivity index (χ0v) is 13.2. The second-order valence-electron chi connectivity index (χ2n) is 5.20. The predicted octanol–water partition coefficient (Wildman–Crippen LogP) is 4.48. The lowest BCUT2D eigenvalue weighted by Gasteiger charge is -2.21. The average Bonchev–Trinajstić information content (AvgIpc) is 2.20. The first kappa shape index (κ1) is 17.1. The summed E-state index contributed by atoms with van der Waals surface area (Å²) < 4.78 is 0. The third-order valence-electron chi connectivity index (χ3n) is 2.54. The minimum Gasteiger partial charge on any atom is -0.481 e. The summed E-state index contributed by atoms with van der Waals surface area (Å²) in [5.74, 6) is -1.31. The van der Waals surface area contributed by atoms with E-state index < -0.39 is 11.4 Å². The number of carboxylic acids is 1. The van der Waals surface area contributed by atoms with Crippen LogP contribution in [0.1, 0.15) is 26.7 Å². The first-order valence-corrected chi connectivity index (χ1v) is 6.90. The molecule has 1 aromatic rings. The van der Waals surface area contributed by atoms with Gasteiger partial charge in [0.1, 0.15) is 0 Å². The van der Waals surface area contributed by atoms with Crippen LogP contribution in [0.5, 0.6) is 0 Å². The molecule has 0 heterocycles. The second-order valence-corrected chi connectivity index (χ2v) is 6.45. The minimum absolute atomic E-state index is 0.0363. The van der Waals surface area contributed by atoms with E-state index in [0.717, 1.165) is 0 Å². The van der Waals surface area contributed by atoms with Gasteiger partial charge in [0, 0.05) is 11.4 Å². The van der Waals surface area contributed by atoms with Gasteiger partial charge in [0.25, 0.3) is 0 Å². The Morgan fingerprint density at radius 3 is 2.10 bits per heavy atom. The van der Waals surface area contributed by atoms with E-state index in [1.807, 2.05) is 0 Å². The number of amides is 1. The molecule has 0 fully saturated rings. The third kappa shape index (κ3) is 5.19. The van der Waals surface area contributed by atoms with E-state index in [2.05, 4.69) is 5.32 Å². The van der Waals surface area contributed by atoms with E-state index in [0.29, 0.717) is 5.02 Å². The van der Waals surface area contributed by atoms with Crippen LogP contribution in [0.3, 0.4) is 0 Å². The van der Waals surface area contributed by atoms with Crippen molar-refractivity contribution >= 4 is 52.4 Å². The van der Waals surface area contributed by atoms with Gasteiger partial charge < -0.3 is 10.4 Å². The van der Waals surface area contributed by atoms with Gasteiger partial charge in [-0.25, -0.2) is 0 Å². The Bertz CT molecular complexity index is 521. The highest BCUT2D eigenvalue weighted by Crippen LogP contribution is 2.34. The van der Waals surface area contributed by atoms with Gasteiger partial charge in [-0.3, -0.25) is 9.59 Å². The van der Waals surface area contributed by atoms with Gasteiger partial charge in [0.05, 0.1) is 22.2 Å². The number of carbonyl (C=O) groups is 2. The Morgan fingerprint density at radius 1 is 1.15 bits per heavy atom. The zero-order chi connectivity index (χ0) is 15.5. The van der Waals surface area contributed by atoms with Gasteiger partial charge >= 0.3 is 5.97 Å². The third-order valence-corrected chi connectivity index (χ3v) is 3.35. The van der Waals surface area contributed by atoms with Crippen molar-refractivity contribution in [2.75, 3.05) is 5.32 Å². The highest BCUT2D eigenvalue weighted by Gasteiger charge is 2.25. The number of benzene rings is 1. The lowest BCUT2D eigenvalue weighted by molar-refractivity contribution is -0.139. The molecule has 0 atom stereocenters. The number of carboxylic acid groups (broad SMARTS) is 1. The maximum Gasteiger partial charge on any atom is 0.303 e. The smallest absolute Gasteiger partial charge is 0.303 e. The standard InChI is InChI=1S/C13H14Cl3NO3/c1-13(2,6-11(19)20)5-10(18)17-12-8(15)3-7(14)4-9(12)16/h3-4H,5-6H2,1-2H3,(H,17,18)(H,19,20). The Morgan fingerprint density at radius 2 is 1.65 bits per heavy atom. The van der Waals surface area contributed by atoms with E-state index in [1.165, 1.54) is 12.1 Å². The summed E-state index contributed by atoms with van der Waals surface area (Å²) >= 11 is 17.7. The lowest BCUT2D eigenvalue weighted by Crippen LogP contribution is -2.25. The maximum atomic E-state index is 11.9. The van der Waals surface area contributed by atoms with Gasteiger partial charge in [-0.2, -0.15) is 0 Å². The van der Waals surface area contributed by atoms with Crippen LogP contribution in [0.2, 0.25) is 15.1 Å². The summed E-state index contributed by atoms with van der Waals surface area (Å²) in [6.07, 6.45) is -0.0723. The second kappa shape index (κ2) is 6.66. The fraction of sp³-hybridized carbons (Fsp3) is 0.385. The number of nitrogens with one attached hydrogen (secondary N) is 1. The van der Waals surface area contributed by atoms with Gasteiger partial charge in [0.2, 0.25) is 5.91 Å². The molecule has 0 unspecified atom stereocenters. The number of hydrogen-bond acceptors (Lipinski definition) is 2. The molecule has 0 bridgehead atoms. The molecular weight excluding hydrogens is 325 g/mol. The monoisotopic (exact) mass is 337 g/mol. The normalized spacial score (nSPS) is 11.2. The van der Waals surface area contributed by atoms with Crippen LogP contribution in [0.4, 0.5) is 5.69 Å². The number of carbonyl (C=O) groups excluding carboxylic acids is 1. The van der Waals surface area contributed by atoms with Crippen molar-refractivity contribution in [2.24, 2.45) is 5.41 Å². The molecule has 2 N–H and O–H groups in total. The van der Waals surface area contributed by atoms with Crippen LogP contribution < -0.4 is 5.32 Å². The molecule has 0 saturated heterocycles. The minimum atomic E-state index is -0.953. The SMILES string of the molecule is CC(C)(CC(=O)O)CC(=O)Nc1c(Cl)cc(Cl)cc1Cl. The van der Waals surface area contributed by atoms with Crippen molar-refractivity contribution in [3.8, 4) is 0 Å². The number of halogens is 3. The summed E-state index contributed by atoms with van der Waals surface area (Å²) in [5, 5.41) is 12.2. The highest BCUT2D eigenvalue weighted by atomic mass is 35.5. The fourth-order valence-electron chi connectivity index (χ4n) is 1.75. The van der Waals surface area contributed by atoms with E-state index >= 15 is 0 Å². The van der Waals surface area contributed by atoms with Crippen molar-refractivity contribution in [2.45, 2.75) is 26.7 Å². The van der Waals surface area contributed by atoms with Crippen LogP contribution in [0, 0.1) is 5.41 Å².